The van der Waals surface area contributed by atoms with Gasteiger partial charge < -0.3 is 5.32 Å². The molecule has 0 saturated carbocycles. The van der Waals surface area contributed by atoms with Crippen molar-refractivity contribution in [2.75, 3.05) is 0 Å². The van der Waals surface area contributed by atoms with Crippen LogP contribution in [0.1, 0.15) is 17.4 Å². The van der Waals surface area contributed by atoms with E-state index in [0.717, 1.165) is 22.3 Å². The Labute approximate surface area is 122 Å². The number of benzene rings is 1. The molecule has 1 atom stereocenters. The number of rotatable bonds is 5. The summed E-state index contributed by atoms with van der Waals surface area (Å²) in [6.45, 7) is 3.04. The summed E-state index contributed by atoms with van der Waals surface area (Å²) in [6, 6.07) is 12.4. The van der Waals surface area contributed by atoms with Gasteiger partial charge in [-0.15, -0.1) is 11.3 Å². The first-order valence-electron chi connectivity index (χ1n) is 5.85. The van der Waals surface area contributed by atoms with Crippen molar-refractivity contribution >= 4 is 34.5 Å². The number of thiophene rings is 1. The molecule has 1 nitrogen and oxygen atoms in total. The predicted octanol–water partition coefficient (Wildman–Crippen LogP) is 4.78. The molecule has 96 valence electrons. The molecule has 0 saturated heterocycles. The summed E-state index contributed by atoms with van der Waals surface area (Å²) in [4.78, 5) is 1.26. The van der Waals surface area contributed by atoms with Crippen molar-refractivity contribution in [2.24, 2.45) is 0 Å². The van der Waals surface area contributed by atoms with Gasteiger partial charge in [0.15, 0.2) is 0 Å². The summed E-state index contributed by atoms with van der Waals surface area (Å²) in [5, 5.41) is 4.28. The van der Waals surface area contributed by atoms with E-state index >= 15 is 0 Å². The van der Waals surface area contributed by atoms with Gasteiger partial charge in [0.05, 0.1) is 4.34 Å². The van der Waals surface area contributed by atoms with Crippen LogP contribution in [0.5, 0.6) is 0 Å². The number of halogens is 2. The van der Waals surface area contributed by atoms with Crippen LogP contribution in [-0.2, 0) is 13.0 Å². The Morgan fingerprint density at radius 1 is 1.22 bits per heavy atom. The number of hydrogen-bond donors (Lipinski definition) is 1. The molecule has 18 heavy (non-hydrogen) atoms. The third-order valence-corrected chi connectivity index (χ3v) is 4.15. The van der Waals surface area contributed by atoms with Crippen LogP contribution in [0.4, 0.5) is 0 Å². The molecule has 2 rings (SSSR count). The third-order valence-electron chi connectivity index (χ3n) is 2.68. The Kier molecular flexibility index (Phi) is 5.07. The SMILES string of the molecule is CC(Cc1cccc(Cl)c1)NCc1ccc(Cl)s1. The Morgan fingerprint density at radius 2 is 2.06 bits per heavy atom. The van der Waals surface area contributed by atoms with Crippen molar-refractivity contribution < 1.29 is 0 Å². The van der Waals surface area contributed by atoms with Crippen molar-refractivity contribution in [3.8, 4) is 0 Å². The predicted molar refractivity (Wildman–Crippen MR) is 80.8 cm³/mol. The molecule has 1 aromatic carbocycles. The molecule has 0 aliphatic carbocycles. The van der Waals surface area contributed by atoms with Gasteiger partial charge in [-0.25, -0.2) is 0 Å². The highest BCUT2D eigenvalue weighted by Gasteiger charge is 2.05. The molecule has 0 amide bonds. The quantitative estimate of drug-likeness (QED) is 0.838. The van der Waals surface area contributed by atoms with Gasteiger partial charge in [-0.1, -0.05) is 35.3 Å². The van der Waals surface area contributed by atoms with E-state index in [4.69, 9.17) is 23.2 Å². The minimum Gasteiger partial charge on any atom is -0.309 e. The van der Waals surface area contributed by atoms with Gasteiger partial charge >= 0.3 is 0 Å². The molecule has 0 bridgehead atoms. The van der Waals surface area contributed by atoms with E-state index in [-0.39, 0.29) is 0 Å². The molecular weight excluding hydrogens is 285 g/mol. The first-order valence-corrected chi connectivity index (χ1v) is 7.43. The maximum absolute atomic E-state index is 5.97. The highest BCUT2D eigenvalue weighted by atomic mass is 35.5. The summed E-state index contributed by atoms with van der Waals surface area (Å²) in [5.41, 5.74) is 1.26. The van der Waals surface area contributed by atoms with Gasteiger partial charge in [-0.3, -0.25) is 0 Å². The smallest absolute Gasteiger partial charge is 0.0931 e. The molecule has 0 spiro atoms. The number of nitrogens with one attached hydrogen (secondary N) is 1. The second kappa shape index (κ2) is 6.58. The molecule has 1 unspecified atom stereocenters. The maximum atomic E-state index is 5.97. The van der Waals surface area contributed by atoms with Crippen LogP contribution in [0.25, 0.3) is 0 Å². The summed E-state index contributed by atoms with van der Waals surface area (Å²) in [6.07, 6.45) is 0.972. The van der Waals surface area contributed by atoms with E-state index in [1.807, 2.05) is 24.3 Å². The van der Waals surface area contributed by atoms with Gasteiger partial charge in [-0.2, -0.15) is 0 Å². The van der Waals surface area contributed by atoms with Gasteiger partial charge in [0.1, 0.15) is 0 Å². The molecule has 1 heterocycles. The molecule has 4 heteroatoms. The summed E-state index contributed by atoms with van der Waals surface area (Å²) >= 11 is 13.5. The molecule has 0 radical (unpaired) electrons. The van der Waals surface area contributed by atoms with E-state index in [0.29, 0.717) is 6.04 Å². The van der Waals surface area contributed by atoms with Crippen LogP contribution >= 0.6 is 34.5 Å². The fourth-order valence-electron chi connectivity index (χ4n) is 1.81. The highest BCUT2D eigenvalue weighted by molar-refractivity contribution is 7.16. The maximum Gasteiger partial charge on any atom is 0.0931 e. The molecule has 0 aliphatic rings. The van der Waals surface area contributed by atoms with Gasteiger partial charge in [0, 0.05) is 22.5 Å². The first kappa shape index (κ1) is 13.9. The topological polar surface area (TPSA) is 12.0 Å². The second-order valence-electron chi connectivity index (χ2n) is 4.32. The monoisotopic (exact) mass is 299 g/mol. The molecule has 2 aromatic rings. The van der Waals surface area contributed by atoms with Crippen LogP contribution in [0.3, 0.4) is 0 Å². The lowest BCUT2D eigenvalue weighted by Gasteiger charge is -2.13. The second-order valence-corrected chi connectivity index (χ2v) is 6.56. The zero-order chi connectivity index (χ0) is 13.0. The fraction of sp³-hybridized carbons (Fsp3) is 0.286. The van der Waals surface area contributed by atoms with Gasteiger partial charge in [-0.05, 0) is 43.2 Å². The third kappa shape index (κ3) is 4.29. The normalized spacial score (nSPS) is 12.6. The Hall–Kier alpha value is -0.540. The zero-order valence-electron chi connectivity index (χ0n) is 10.1. The van der Waals surface area contributed by atoms with Crippen LogP contribution in [0.2, 0.25) is 9.36 Å². The molecular formula is C14H15Cl2NS. The Bertz CT molecular complexity index is 510. The first-order chi connectivity index (χ1) is 8.63. The van der Waals surface area contributed by atoms with Crippen LogP contribution in [0, 0.1) is 0 Å². The van der Waals surface area contributed by atoms with Gasteiger partial charge in [0.2, 0.25) is 0 Å². The molecule has 1 aromatic heterocycles. The lowest BCUT2D eigenvalue weighted by Crippen LogP contribution is -2.27. The summed E-state index contributed by atoms with van der Waals surface area (Å²) in [5.74, 6) is 0. The molecule has 0 aliphatic heterocycles. The standard InChI is InChI=1S/C14H15Cl2NS/c1-10(7-11-3-2-4-12(15)8-11)17-9-13-5-6-14(16)18-13/h2-6,8,10,17H,7,9H2,1H3. The largest absolute Gasteiger partial charge is 0.309 e. The van der Waals surface area contributed by atoms with Crippen LogP contribution in [-0.4, -0.2) is 6.04 Å². The Morgan fingerprint density at radius 3 is 2.72 bits per heavy atom. The van der Waals surface area contributed by atoms with Crippen molar-refractivity contribution in [1.82, 2.24) is 5.32 Å². The van der Waals surface area contributed by atoms with Crippen molar-refractivity contribution in [3.05, 3.63) is 56.2 Å². The van der Waals surface area contributed by atoms with E-state index in [1.54, 1.807) is 11.3 Å². The lowest BCUT2D eigenvalue weighted by atomic mass is 10.1. The van der Waals surface area contributed by atoms with E-state index in [1.165, 1.54) is 10.4 Å². The molecule has 0 fully saturated rings. The summed E-state index contributed by atoms with van der Waals surface area (Å²) in [7, 11) is 0. The van der Waals surface area contributed by atoms with E-state index in [9.17, 15) is 0 Å². The van der Waals surface area contributed by atoms with Crippen molar-refractivity contribution in [3.63, 3.8) is 0 Å². The fourth-order valence-corrected chi connectivity index (χ4v) is 3.06. The average molecular weight is 300 g/mol. The summed E-state index contributed by atoms with van der Waals surface area (Å²) < 4.78 is 0.842. The van der Waals surface area contributed by atoms with Gasteiger partial charge in [0.25, 0.3) is 0 Å². The molecule has 1 N–H and O–H groups in total. The van der Waals surface area contributed by atoms with Crippen LogP contribution < -0.4 is 5.32 Å². The lowest BCUT2D eigenvalue weighted by molar-refractivity contribution is 0.549. The minimum atomic E-state index is 0.407. The zero-order valence-corrected chi connectivity index (χ0v) is 12.4. The van der Waals surface area contributed by atoms with E-state index < -0.39 is 0 Å². The van der Waals surface area contributed by atoms with Crippen molar-refractivity contribution in [2.45, 2.75) is 25.9 Å². The van der Waals surface area contributed by atoms with E-state index in [2.05, 4.69) is 24.4 Å². The van der Waals surface area contributed by atoms with Crippen LogP contribution in [0.15, 0.2) is 36.4 Å². The van der Waals surface area contributed by atoms with Crippen molar-refractivity contribution in [1.29, 1.82) is 0 Å². The average Bonchev–Trinajstić information content (AvgIpc) is 2.73. The Balaban J connectivity index is 1.83. The highest BCUT2D eigenvalue weighted by Crippen LogP contribution is 2.21. The number of hydrogen-bond acceptors (Lipinski definition) is 2. The minimum absolute atomic E-state index is 0.407.